The first-order valence-corrected chi connectivity index (χ1v) is 9.33. The zero-order valence-corrected chi connectivity index (χ0v) is 14.1. The average Bonchev–Trinajstić information content (AvgIpc) is 2.79. The molecule has 0 aromatic heterocycles. The molecule has 0 aromatic rings. The van der Waals surface area contributed by atoms with Gasteiger partial charge in [0.15, 0.2) is 0 Å². The Labute approximate surface area is 131 Å². The minimum atomic E-state index is -3.20. The van der Waals surface area contributed by atoms with Crippen LogP contribution in [0, 0.1) is 0 Å². The molecule has 2 heterocycles. The molecule has 1 N–H and O–H groups in total. The summed E-state index contributed by atoms with van der Waals surface area (Å²) in [4.78, 5) is 27.4. The first-order valence-electron chi connectivity index (χ1n) is 7.48. The molecule has 1 unspecified atom stereocenters. The second-order valence-corrected chi connectivity index (χ2v) is 8.12. The van der Waals surface area contributed by atoms with Crippen LogP contribution in [0.15, 0.2) is 0 Å². The highest BCUT2D eigenvalue weighted by Gasteiger charge is 2.33. The fourth-order valence-electron chi connectivity index (χ4n) is 2.82. The second-order valence-electron chi connectivity index (χ2n) is 6.14. The molecule has 0 radical (unpaired) electrons. The maximum atomic E-state index is 12.2. The topological polar surface area (TPSA) is 90.0 Å². The van der Waals surface area contributed by atoms with Gasteiger partial charge in [-0.25, -0.2) is 13.2 Å². The number of rotatable bonds is 3. The fourth-order valence-corrected chi connectivity index (χ4v) is 3.64. The van der Waals surface area contributed by atoms with Crippen LogP contribution in [0.25, 0.3) is 0 Å². The van der Waals surface area contributed by atoms with Crippen molar-refractivity contribution in [2.24, 2.45) is 0 Å². The molecule has 9 heteroatoms. The Morgan fingerprint density at radius 2 is 1.82 bits per heavy atom. The Bertz CT molecular complexity index is 540. The summed E-state index contributed by atoms with van der Waals surface area (Å²) in [5.74, 6) is 0.0576. The van der Waals surface area contributed by atoms with Crippen LogP contribution in [-0.2, 0) is 14.8 Å². The van der Waals surface area contributed by atoms with E-state index >= 15 is 0 Å². The van der Waals surface area contributed by atoms with E-state index in [2.05, 4.69) is 5.32 Å². The summed E-state index contributed by atoms with van der Waals surface area (Å²) in [7, 11) is -3.20. The number of nitrogens with zero attached hydrogens (tertiary/aromatic N) is 3. The van der Waals surface area contributed by atoms with E-state index in [9.17, 15) is 18.0 Å². The third-order valence-electron chi connectivity index (χ3n) is 4.10. The van der Waals surface area contributed by atoms with Crippen molar-refractivity contribution in [1.29, 1.82) is 0 Å². The highest BCUT2D eigenvalue weighted by Crippen LogP contribution is 2.15. The Hall–Kier alpha value is -1.35. The molecular weight excluding hydrogens is 308 g/mol. The van der Waals surface area contributed by atoms with Crippen molar-refractivity contribution in [3.8, 4) is 0 Å². The lowest BCUT2D eigenvalue weighted by Gasteiger charge is -2.33. The molecule has 3 amide bonds. The first-order chi connectivity index (χ1) is 10.2. The van der Waals surface area contributed by atoms with Gasteiger partial charge in [0.05, 0.1) is 12.3 Å². The zero-order valence-electron chi connectivity index (χ0n) is 13.3. The van der Waals surface area contributed by atoms with Crippen LogP contribution in [0.2, 0.25) is 0 Å². The molecule has 0 saturated carbocycles. The van der Waals surface area contributed by atoms with Crippen LogP contribution in [0.4, 0.5) is 4.79 Å². The highest BCUT2D eigenvalue weighted by atomic mass is 32.2. The van der Waals surface area contributed by atoms with Crippen molar-refractivity contribution in [1.82, 2.24) is 19.4 Å². The van der Waals surface area contributed by atoms with Gasteiger partial charge in [-0.1, -0.05) is 0 Å². The number of carbonyl (C=O) groups is 2. The molecule has 0 aromatic carbocycles. The molecule has 2 saturated heterocycles. The van der Waals surface area contributed by atoms with E-state index in [4.69, 9.17) is 0 Å². The number of hydrogen-bond acceptors (Lipinski definition) is 4. The summed E-state index contributed by atoms with van der Waals surface area (Å²) < 4.78 is 24.3. The Balaban J connectivity index is 1.83. The number of hydrogen-bond donors (Lipinski definition) is 1. The molecule has 0 spiro atoms. The van der Waals surface area contributed by atoms with E-state index in [-0.39, 0.29) is 24.0 Å². The lowest BCUT2D eigenvalue weighted by Crippen LogP contribution is -2.54. The summed E-state index contributed by atoms with van der Waals surface area (Å²) in [6.07, 6.45) is 1.50. The minimum absolute atomic E-state index is 0.0576. The lowest BCUT2D eigenvalue weighted by atomic mass is 10.2. The van der Waals surface area contributed by atoms with Gasteiger partial charge in [0.2, 0.25) is 15.9 Å². The third-order valence-corrected chi connectivity index (χ3v) is 5.41. The number of piperazine rings is 1. The van der Waals surface area contributed by atoms with E-state index in [1.54, 1.807) is 9.80 Å². The Kier molecular flexibility index (Phi) is 4.96. The van der Waals surface area contributed by atoms with E-state index in [0.29, 0.717) is 39.1 Å². The number of sulfonamides is 1. The molecule has 2 aliphatic heterocycles. The fraction of sp³-hybridized carbons (Fsp3) is 0.846. The number of nitrogens with one attached hydrogen (secondary N) is 1. The SMILES string of the molecule is CC(C)N1CC(NC(=O)N2CCN(S(C)(=O)=O)CC2)CC1=O. The van der Waals surface area contributed by atoms with Gasteiger partial charge in [-0.2, -0.15) is 4.31 Å². The first kappa shape index (κ1) is 17.0. The molecule has 22 heavy (non-hydrogen) atoms. The van der Waals surface area contributed by atoms with Crippen LogP contribution < -0.4 is 5.32 Å². The maximum absolute atomic E-state index is 12.2. The van der Waals surface area contributed by atoms with E-state index < -0.39 is 10.0 Å². The van der Waals surface area contributed by atoms with Gasteiger partial charge in [0, 0.05) is 45.2 Å². The molecule has 2 aliphatic rings. The van der Waals surface area contributed by atoms with Crippen molar-refractivity contribution >= 4 is 22.0 Å². The van der Waals surface area contributed by atoms with Gasteiger partial charge >= 0.3 is 6.03 Å². The predicted octanol–water partition coefficient (Wildman–Crippen LogP) is -0.717. The molecule has 126 valence electrons. The van der Waals surface area contributed by atoms with Crippen molar-refractivity contribution in [3.05, 3.63) is 0 Å². The molecule has 1 atom stereocenters. The highest BCUT2D eigenvalue weighted by molar-refractivity contribution is 7.88. The van der Waals surface area contributed by atoms with Gasteiger partial charge in [0.1, 0.15) is 0 Å². The van der Waals surface area contributed by atoms with Gasteiger partial charge in [-0.15, -0.1) is 0 Å². The molecular formula is C13H24N4O4S. The Morgan fingerprint density at radius 1 is 1.23 bits per heavy atom. The summed E-state index contributed by atoms with van der Waals surface area (Å²) in [5.41, 5.74) is 0. The number of urea groups is 1. The summed E-state index contributed by atoms with van der Waals surface area (Å²) in [5, 5.41) is 2.87. The Morgan fingerprint density at radius 3 is 2.27 bits per heavy atom. The van der Waals surface area contributed by atoms with E-state index in [1.807, 2.05) is 13.8 Å². The maximum Gasteiger partial charge on any atom is 0.317 e. The van der Waals surface area contributed by atoms with Gasteiger partial charge in [-0.05, 0) is 13.8 Å². The van der Waals surface area contributed by atoms with E-state index in [1.165, 1.54) is 10.6 Å². The van der Waals surface area contributed by atoms with Crippen molar-refractivity contribution in [3.63, 3.8) is 0 Å². The van der Waals surface area contributed by atoms with Crippen molar-refractivity contribution in [2.75, 3.05) is 39.0 Å². The number of amides is 3. The smallest absolute Gasteiger partial charge is 0.317 e. The predicted molar refractivity (Wildman–Crippen MR) is 81.8 cm³/mol. The number of likely N-dealkylation sites (tertiary alicyclic amines) is 1. The largest absolute Gasteiger partial charge is 0.338 e. The normalized spacial score (nSPS) is 24.2. The summed E-state index contributed by atoms with van der Waals surface area (Å²) in [6, 6.07) is -0.264. The standard InChI is InChI=1S/C13H24N4O4S/c1-10(2)17-9-11(8-12(17)18)14-13(19)15-4-6-16(7-5-15)22(3,20)21/h10-11H,4-9H2,1-3H3,(H,14,19). The molecule has 0 aliphatic carbocycles. The molecule has 2 fully saturated rings. The number of carbonyl (C=O) groups excluding carboxylic acids is 2. The molecule has 0 bridgehead atoms. The quantitative estimate of drug-likeness (QED) is 0.739. The monoisotopic (exact) mass is 332 g/mol. The van der Waals surface area contributed by atoms with Gasteiger partial charge in [-0.3, -0.25) is 4.79 Å². The molecule has 8 nitrogen and oxygen atoms in total. The zero-order chi connectivity index (χ0) is 16.5. The second kappa shape index (κ2) is 6.41. The van der Waals surface area contributed by atoms with Crippen LogP contribution in [0.1, 0.15) is 20.3 Å². The van der Waals surface area contributed by atoms with Crippen LogP contribution in [0.5, 0.6) is 0 Å². The average molecular weight is 332 g/mol. The third kappa shape index (κ3) is 3.89. The van der Waals surface area contributed by atoms with Gasteiger partial charge in [0.25, 0.3) is 0 Å². The van der Waals surface area contributed by atoms with Crippen molar-refractivity contribution < 1.29 is 18.0 Å². The van der Waals surface area contributed by atoms with Crippen LogP contribution >= 0.6 is 0 Å². The summed E-state index contributed by atoms with van der Waals surface area (Å²) in [6.45, 7) is 5.80. The lowest BCUT2D eigenvalue weighted by molar-refractivity contribution is -0.129. The van der Waals surface area contributed by atoms with Crippen molar-refractivity contribution in [2.45, 2.75) is 32.4 Å². The van der Waals surface area contributed by atoms with Crippen LogP contribution in [0.3, 0.4) is 0 Å². The molecule has 2 rings (SSSR count). The van der Waals surface area contributed by atoms with Gasteiger partial charge < -0.3 is 15.1 Å². The van der Waals surface area contributed by atoms with Crippen LogP contribution in [-0.4, -0.2) is 85.5 Å². The minimum Gasteiger partial charge on any atom is -0.338 e. The summed E-state index contributed by atoms with van der Waals surface area (Å²) >= 11 is 0. The van der Waals surface area contributed by atoms with E-state index in [0.717, 1.165) is 0 Å².